The van der Waals surface area contributed by atoms with Crippen LogP contribution in [-0.2, 0) is 0 Å². The van der Waals surface area contributed by atoms with E-state index in [1.54, 1.807) is 0 Å². The minimum absolute atomic E-state index is 0.592. The van der Waals surface area contributed by atoms with Gasteiger partial charge in [-0.15, -0.1) is 0 Å². The molecule has 1 aromatic rings. The number of nitrogens with zero attached hydrogens (tertiary/aromatic N) is 2. The Kier molecular flexibility index (Phi) is 19.0. The highest BCUT2D eigenvalue weighted by Crippen LogP contribution is 2.30. The second-order valence-corrected chi connectivity index (χ2v) is 10.4. The number of imidazole rings is 1. The fraction of sp³-hybridized carbons (Fsp3) is 0.900. The van der Waals surface area contributed by atoms with Crippen molar-refractivity contribution in [3.05, 3.63) is 18.2 Å². The third-order valence-corrected chi connectivity index (χ3v) is 7.33. The first-order valence-corrected chi connectivity index (χ1v) is 14.8. The summed E-state index contributed by atoms with van der Waals surface area (Å²) in [6, 6.07) is 0.592. The Bertz CT molecular complexity index is 507. The molecule has 0 bridgehead atoms. The Morgan fingerprint density at radius 2 is 1.00 bits per heavy atom. The van der Waals surface area contributed by atoms with Gasteiger partial charge in [0.25, 0.3) is 0 Å². The second-order valence-electron chi connectivity index (χ2n) is 10.4. The molecular formula is C30H58N2. The first kappa shape index (κ1) is 29.2. The zero-order valence-corrected chi connectivity index (χ0v) is 22.6. The summed E-state index contributed by atoms with van der Waals surface area (Å²) in [5.74, 6) is 2.05. The summed E-state index contributed by atoms with van der Waals surface area (Å²) in [5.41, 5.74) is 0. The molecule has 1 aromatic heterocycles. The average molecular weight is 447 g/mol. The number of hydrogen-bond donors (Lipinski definition) is 0. The molecule has 0 amide bonds. The van der Waals surface area contributed by atoms with Gasteiger partial charge >= 0.3 is 0 Å². The first-order chi connectivity index (χ1) is 15.7. The number of rotatable bonds is 23. The molecule has 0 saturated carbocycles. The van der Waals surface area contributed by atoms with Crippen LogP contribution in [-0.4, -0.2) is 9.55 Å². The lowest BCUT2D eigenvalue weighted by atomic mass is 9.93. The Labute approximate surface area is 202 Å². The number of hydrogen-bond acceptors (Lipinski definition) is 1. The SMILES string of the molecule is CCCCCCCCCCCCC(CCCCCCC)c1nccn1C(C)CCCCC. The average Bonchev–Trinajstić information content (AvgIpc) is 3.29. The van der Waals surface area contributed by atoms with Gasteiger partial charge in [-0.1, -0.05) is 136 Å². The fourth-order valence-electron chi connectivity index (χ4n) is 5.12. The second kappa shape index (κ2) is 20.8. The van der Waals surface area contributed by atoms with Crippen molar-refractivity contribution in [1.29, 1.82) is 0 Å². The van der Waals surface area contributed by atoms with E-state index in [0.29, 0.717) is 12.0 Å². The normalized spacial score (nSPS) is 13.5. The summed E-state index contributed by atoms with van der Waals surface area (Å²) in [4.78, 5) is 4.91. The monoisotopic (exact) mass is 446 g/mol. The molecule has 0 saturated heterocycles. The lowest BCUT2D eigenvalue weighted by molar-refractivity contribution is 0.415. The maximum atomic E-state index is 4.91. The van der Waals surface area contributed by atoms with Crippen molar-refractivity contribution in [1.82, 2.24) is 9.55 Å². The van der Waals surface area contributed by atoms with Crippen molar-refractivity contribution in [2.24, 2.45) is 0 Å². The highest BCUT2D eigenvalue weighted by Gasteiger charge is 2.19. The summed E-state index contributed by atoms with van der Waals surface area (Å²) in [6.45, 7) is 9.32. The van der Waals surface area contributed by atoms with Crippen molar-refractivity contribution in [2.75, 3.05) is 0 Å². The molecule has 2 nitrogen and oxygen atoms in total. The fourth-order valence-corrected chi connectivity index (χ4v) is 5.12. The quantitative estimate of drug-likeness (QED) is 0.153. The molecule has 1 rings (SSSR count). The molecule has 2 unspecified atom stereocenters. The highest BCUT2D eigenvalue weighted by atomic mass is 15.1. The summed E-state index contributed by atoms with van der Waals surface area (Å²) in [5, 5.41) is 0. The topological polar surface area (TPSA) is 17.8 Å². The van der Waals surface area contributed by atoms with Crippen molar-refractivity contribution in [3.63, 3.8) is 0 Å². The predicted molar refractivity (Wildman–Crippen MR) is 144 cm³/mol. The van der Waals surface area contributed by atoms with Gasteiger partial charge in [-0.25, -0.2) is 4.98 Å². The zero-order chi connectivity index (χ0) is 23.3. The first-order valence-electron chi connectivity index (χ1n) is 14.8. The van der Waals surface area contributed by atoms with Crippen molar-refractivity contribution < 1.29 is 0 Å². The molecule has 2 heteroatoms. The molecule has 0 radical (unpaired) electrons. The van der Waals surface area contributed by atoms with Crippen molar-refractivity contribution >= 4 is 0 Å². The van der Waals surface area contributed by atoms with Crippen LogP contribution in [0.25, 0.3) is 0 Å². The van der Waals surface area contributed by atoms with Crippen LogP contribution in [0.5, 0.6) is 0 Å². The highest BCUT2D eigenvalue weighted by molar-refractivity contribution is 5.02. The van der Waals surface area contributed by atoms with E-state index in [9.17, 15) is 0 Å². The maximum Gasteiger partial charge on any atom is 0.111 e. The van der Waals surface area contributed by atoms with Crippen molar-refractivity contribution in [3.8, 4) is 0 Å². The standard InChI is InChI=1S/C30H58N2/c1-5-8-11-13-14-15-16-17-19-22-25-29(24-21-18-12-9-6-2)30-31-26-27-32(30)28(4)23-20-10-7-3/h26-29H,5-25H2,1-4H3. The summed E-state index contributed by atoms with van der Waals surface area (Å²) in [6.07, 6.45) is 33.4. The summed E-state index contributed by atoms with van der Waals surface area (Å²) < 4.78 is 2.53. The predicted octanol–water partition coefficient (Wildman–Crippen LogP) is 10.8. The van der Waals surface area contributed by atoms with Gasteiger partial charge < -0.3 is 4.57 Å². The van der Waals surface area contributed by atoms with Gasteiger partial charge in [0.2, 0.25) is 0 Å². The molecule has 0 spiro atoms. The molecule has 0 N–H and O–H groups in total. The molecular weight excluding hydrogens is 388 g/mol. The Morgan fingerprint density at radius 3 is 1.50 bits per heavy atom. The Hall–Kier alpha value is -0.790. The van der Waals surface area contributed by atoms with Gasteiger partial charge in [0, 0.05) is 24.4 Å². The molecule has 0 fully saturated rings. The zero-order valence-electron chi connectivity index (χ0n) is 22.6. The van der Waals surface area contributed by atoms with E-state index in [0.717, 1.165) is 0 Å². The van der Waals surface area contributed by atoms with Crippen LogP contribution in [0.1, 0.15) is 180 Å². The molecule has 0 aliphatic carbocycles. The minimum Gasteiger partial charge on any atom is -0.332 e. The molecule has 0 aliphatic rings. The van der Waals surface area contributed by atoms with Gasteiger partial charge in [0.15, 0.2) is 0 Å². The van der Waals surface area contributed by atoms with Crippen LogP contribution in [0.2, 0.25) is 0 Å². The van der Waals surface area contributed by atoms with E-state index < -0.39 is 0 Å². The molecule has 0 aliphatic heterocycles. The molecule has 1 heterocycles. The summed E-state index contributed by atoms with van der Waals surface area (Å²) in [7, 11) is 0. The Balaban J connectivity index is 2.45. The van der Waals surface area contributed by atoms with Crippen LogP contribution in [0.4, 0.5) is 0 Å². The van der Waals surface area contributed by atoms with Crippen LogP contribution in [0.3, 0.4) is 0 Å². The van der Waals surface area contributed by atoms with Gasteiger partial charge in [-0.05, 0) is 26.2 Å². The summed E-state index contributed by atoms with van der Waals surface area (Å²) >= 11 is 0. The third-order valence-electron chi connectivity index (χ3n) is 7.33. The van der Waals surface area contributed by atoms with Crippen LogP contribution in [0.15, 0.2) is 12.4 Å². The van der Waals surface area contributed by atoms with Crippen molar-refractivity contribution in [2.45, 2.75) is 174 Å². The van der Waals surface area contributed by atoms with E-state index in [2.05, 4.69) is 44.7 Å². The number of unbranched alkanes of at least 4 members (excludes halogenated alkanes) is 15. The minimum atomic E-state index is 0.592. The van der Waals surface area contributed by atoms with Crippen LogP contribution < -0.4 is 0 Å². The Morgan fingerprint density at radius 1 is 0.594 bits per heavy atom. The maximum absolute atomic E-state index is 4.91. The lowest BCUT2D eigenvalue weighted by Crippen LogP contribution is -2.13. The molecule has 32 heavy (non-hydrogen) atoms. The molecule has 2 atom stereocenters. The van der Waals surface area contributed by atoms with Crippen LogP contribution in [0, 0.1) is 0 Å². The van der Waals surface area contributed by atoms with Gasteiger partial charge in [0.05, 0.1) is 0 Å². The lowest BCUT2D eigenvalue weighted by Gasteiger charge is -2.22. The molecule has 0 aromatic carbocycles. The van der Waals surface area contributed by atoms with E-state index in [1.165, 1.54) is 141 Å². The van der Waals surface area contributed by atoms with Gasteiger partial charge in [-0.2, -0.15) is 0 Å². The van der Waals surface area contributed by atoms with E-state index in [-0.39, 0.29) is 0 Å². The smallest absolute Gasteiger partial charge is 0.111 e. The van der Waals surface area contributed by atoms with E-state index in [4.69, 9.17) is 4.98 Å². The van der Waals surface area contributed by atoms with Gasteiger partial charge in [0.1, 0.15) is 5.82 Å². The van der Waals surface area contributed by atoms with Crippen LogP contribution >= 0.6 is 0 Å². The number of aromatic nitrogens is 2. The largest absolute Gasteiger partial charge is 0.332 e. The van der Waals surface area contributed by atoms with Gasteiger partial charge in [-0.3, -0.25) is 0 Å². The van der Waals surface area contributed by atoms with E-state index in [1.807, 2.05) is 0 Å². The molecule has 188 valence electrons. The third kappa shape index (κ3) is 13.7. The van der Waals surface area contributed by atoms with E-state index >= 15 is 0 Å².